The lowest BCUT2D eigenvalue weighted by Gasteiger charge is -2.35. The van der Waals surface area contributed by atoms with Crippen LogP contribution in [0.1, 0.15) is 13.3 Å². The van der Waals surface area contributed by atoms with Crippen molar-refractivity contribution in [2.75, 3.05) is 7.11 Å². The molecule has 0 aromatic heterocycles. The number of rotatable bonds is 3. The van der Waals surface area contributed by atoms with E-state index in [1.165, 1.54) is 24.3 Å². The van der Waals surface area contributed by atoms with Gasteiger partial charge in [0.1, 0.15) is 12.2 Å². The summed E-state index contributed by atoms with van der Waals surface area (Å²) >= 11 is 0. The summed E-state index contributed by atoms with van der Waals surface area (Å²) in [6.07, 6.45) is -0.180. The molecule has 2 rings (SSSR count). The molecule has 0 saturated carbocycles. The predicted molar refractivity (Wildman–Crippen MR) is 60.9 cm³/mol. The summed E-state index contributed by atoms with van der Waals surface area (Å²) in [6.45, 7) is 1.93. The number of aliphatic hydroxyl groups excluding tert-OH is 2. The number of carbonyl (C=O) groups excluding carboxylic acids is 1. The maximum Gasteiger partial charge on any atom is 0.248 e. The van der Waals surface area contributed by atoms with E-state index in [1.54, 1.807) is 0 Å². The highest BCUT2D eigenvalue weighted by atomic mass is 16.6. The van der Waals surface area contributed by atoms with Gasteiger partial charge in [0.2, 0.25) is 12.3 Å². The van der Waals surface area contributed by atoms with Crippen molar-refractivity contribution in [3.63, 3.8) is 0 Å². The van der Waals surface area contributed by atoms with Crippen LogP contribution in [0.3, 0.4) is 0 Å². The number of amides is 1. The number of methoxy groups -OCH3 is 1. The van der Waals surface area contributed by atoms with E-state index in [9.17, 15) is 15.0 Å². The predicted octanol–water partition coefficient (Wildman–Crippen LogP) is -1.28. The Morgan fingerprint density at radius 3 is 2.78 bits per heavy atom. The van der Waals surface area contributed by atoms with Crippen molar-refractivity contribution in [1.82, 2.24) is 10.2 Å². The van der Waals surface area contributed by atoms with E-state index in [0.717, 1.165) is 0 Å². The molecule has 0 spiro atoms. The molecule has 0 aromatic rings. The van der Waals surface area contributed by atoms with Crippen molar-refractivity contribution in [3.05, 3.63) is 12.3 Å². The van der Waals surface area contributed by atoms with E-state index in [2.05, 4.69) is 5.32 Å². The summed E-state index contributed by atoms with van der Waals surface area (Å²) in [5.41, 5.74) is 0. The molecule has 1 amide bonds. The number of aliphatic hydroxyl groups is 2. The number of nitrogens with one attached hydrogen (secondary N) is 1. The van der Waals surface area contributed by atoms with Gasteiger partial charge in [-0.2, -0.15) is 0 Å². The molecule has 2 aliphatic heterocycles. The summed E-state index contributed by atoms with van der Waals surface area (Å²) < 4.78 is 10.9. The minimum atomic E-state index is -1.21. The van der Waals surface area contributed by atoms with E-state index in [1.807, 2.05) is 6.92 Å². The molecule has 2 aliphatic rings. The molecule has 18 heavy (non-hydrogen) atoms. The molecule has 1 saturated heterocycles. The Kier molecular flexibility index (Phi) is 3.86. The van der Waals surface area contributed by atoms with Crippen LogP contribution in [0, 0.1) is 0 Å². The molecule has 1 fully saturated rings. The highest BCUT2D eigenvalue weighted by Gasteiger charge is 2.47. The SMILES string of the molecule is CC[C@H]1O[C@@H](N2C=CC(=O)NC2O)C(O)C1OC. The average molecular weight is 258 g/mol. The molecule has 0 bridgehead atoms. The van der Waals surface area contributed by atoms with E-state index >= 15 is 0 Å². The zero-order chi connectivity index (χ0) is 13.3. The van der Waals surface area contributed by atoms with Crippen LogP contribution < -0.4 is 5.32 Å². The first-order valence-electron chi connectivity index (χ1n) is 5.89. The summed E-state index contributed by atoms with van der Waals surface area (Å²) in [6, 6.07) is 0. The molecule has 102 valence electrons. The third kappa shape index (κ3) is 2.22. The van der Waals surface area contributed by atoms with Crippen LogP contribution in [0.5, 0.6) is 0 Å². The zero-order valence-corrected chi connectivity index (χ0v) is 10.3. The quantitative estimate of drug-likeness (QED) is 0.584. The van der Waals surface area contributed by atoms with Crippen molar-refractivity contribution in [1.29, 1.82) is 0 Å². The van der Waals surface area contributed by atoms with Crippen LogP contribution in [0.25, 0.3) is 0 Å². The van der Waals surface area contributed by atoms with Gasteiger partial charge < -0.3 is 29.9 Å². The number of carbonyl (C=O) groups is 1. The van der Waals surface area contributed by atoms with Crippen LogP contribution in [-0.4, -0.2) is 59.0 Å². The van der Waals surface area contributed by atoms with Gasteiger partial charge in [0.25, 0.3) is 0 Å². The van der Waals surface area contributed by atoms with Gasteiger partial charge in [-0.3, -0.25) is 4.79 Å². The second-order valence-corrected chi connectivity index (χ2v) is 4.31. The molecular formula is C11H18N2O5. The average Bonchev–Trinajstić information content (AvgIpc) is 2.66. The normalized spacial score (nSPS) is 40.1. The highest BCUT2D eigenvalue weighted by molar-refractivity contribution is 5.88. The molecular weight excluding hydrogens is 240 g/mol. The lowest BCUT2D eigenvalue weighted by molar-refractivity contribution is -0.150. The van der Waals surface area contributed by atoms with Gasteiger partial charge in [0.05, 0.1) is 6.10 Å². The van der Waals surface area contributed by atoms with E-state index in [0.29, 0.717) is 6.42 Å². The lowest BCUT2D eigenvalue weighted by atomic mass is 10.1. The maximum absolute atomic E-state index is 11.0. The molecule has 7 heteroatoms. The highest BCUT2D eigenvalue weighted by Crippen LogP contribution is 2.29. The Balaban J connectivity index is 2.14. The van der Waals surface area contributed by atoms with E-state index in [4.69, 9.17) is 9.47 Å². The fraction of sp³-hybridized carbons (Fsp3) is 0.727. The van der Waals surface area contributed by atoms with Crippen LogP contribution in [0.4, 0.5) is 0 Å². The Morgan fingerprint density at radius 2 is 2.28 bits per heavy atom. The second kappa shape index (κ2) is 5.23. The molecule has 3 unspecified atom stereocenters. The van der Waals surface area contributed by atoms with Crippen molar-refractivity contribution in [2.24, 2.45) is 0 Å². The minimum Gasteiger partial charge on any atom is -0.386 e. The lowest BCUT2D eigenvalue weighted by Crippen LogP contribution is -2.55. The van der Waals surface area contributed by atoms with Crippen molar-refractivity contribution in [2.45, 2.75) is 44.2 Å². The smallest absolute Gasteiger partial charge is 0.248 e. The first kappa shape index (κ1) is 13.3. The fourth-order valence-corrected chi connectivity index (χ4v) is 2.29. The molecule has 0 radical (unpaired) electrons. The van der Waals surface area contributed by atoms with Gasteiger partial charge in [-0.05, 0) is 6.42 Å². The van der Waals surface area contributed by atoms with Gasteiger partial charge in [-0.1, -0.05) is 6.92 Å². The third-order valence-corrected chi connectivity index (χ3v) is 3.23. The van der Waals surface area contributed by atoms with E-state index in [-0.39, 0.29) is 12.0 Å². The van der Waals surface area contributed by atoms with Gasteiger partial charge >= 0.3 is 0 Å². The second-order valence-electron chi connectivity index (χ2n) is 4.31. The van der Waals surface area contributed by atoms with Crippen LogP contribution in [0.2, 0.25) is 0 Å². The van der Waals surface area contributed by atoms with Crippen molar-refractivity contribution >= 4 is 5.91 Å². The molecule has 0 aliphatic carbocycles. The maximum atomic E-state index is 11.0. The van der Waals surface area contributed by atoms with Crippen molar-refractivity contribution < 1.29 is 24.5 Å². The first-order valence-corrected chi connectivity index (χ1v) is 5.89. The molecule has 7 nitrogen and oxygen atoms in total. The number of hydrogen-bond acceptors (Lipinski definition) is 6. The Bertz CT molecular complexity index is 348. The Morgan fingerprint density at radius 1 is 1.56 bits per heavy atom. The van der Waals surface area contributed by atoms with Crippen LogP contribution in [0.15, 0.2) is 12.3 Å². The fourth-order valence-electron chi connectivity index (χ4n) is 2.29. The molecule has 2 heterocycles. The minimum absolute atomic E-state index is 0.242. The summed E-state index contributed by atoms with van der Waals surface area (Å²) in [5.74, 6) is -0.387. The number of ether oxygens (including phenoxy) is 2. The molecule has 0 aromatic carbocycles. The monoisotopic (exact) mass is 258 g/mol. The van der Waals surface area contributed by atoms with Crippen molar-refractivity contribution in [3.8, 4) is 0 Å². The Hall–Kier alpha value is -1.15. The number of hydrogen-bond donors (Lipinski definition) is 3. The molecule has 3 N–H and O–H groups in total. The van der Waals surface area contributed by atoms with Gasteiger partial charge in [0.15, 0.2) is 6.23 Å². The van der Waals surface area contributed by atoms with Crippen LogP contribution in [-0.2, 0) is 14.3 Å². The number of nitrogens with zero attached hydrogens (tertiary/aromatic N) is 1. The summed E-state index contributed by atoms with van der Waals surface area (Å²) in [5, 5.41) is 22.2. The third-order valence-electron chi connectivity index (χ3n) is 3.23. The topological polar surface area (TPSA) is 91.3 Å². The van der Waals surface area contributed by atoms with Gasteiger partial charge in [-0.15, -0.1) is 0 Å². The zero-order valence-electron chi connectivity index (χ0n) is 10.3. The van der Waals surface area contributed by atoms with Gasteiger partial charge in [0, 0.05) is 19.4 Å². The standard InChI is InChI=1S/C11H18N2O5/c1-3-6-9(17-2)8(15)10(18-6)13-5-4-7(14)12-11(13)16/h4-6,8-11,15-16H,3H2,1-2H3,(H,12,14)/t6-,8?,9?,10-,11?/m1/s1. The van der Waals surface area contributed by atoms with Gasteiger partial charge in [-0.25, -0.2) is 0 Å². The van der Waals surface area contributed by atoms with E-state index < -0.39 is 24.8 Å². The Labute approximate surface area is 105 Å². The molecule has 5 atom stereocenters. The largest absolute Gasteiger partial charge is 0.386 e. The van der Waals surface area contributed by atoms with Crippen LogP contribution >= 0.6 is 0 Å². The first-order chi connectivity index (χ1) is 8.58. The summed E-state index contributed by atoms with van der Waals surface area (Å²) in [4.78, 5) is 12.4. The summed E-state index contributed by atoms with van der Waals surface area (Å²) in [7, 11) is 1.51.